The van der Waals surface area contributed by atoms with Gasteiger partial charge in [0.15, 0.2) is 0 Å². The number of sulfonamides is 1. The number of carbonyl (C=O) groups excluding carboxylic acids is 1. The van der Waals surface area contributed by atoms with Crippen molar-refractivity contribution in [1.82, 2.24) is 5.32 Å². The highest BCUT2D eigenvalue weighted by molar-refractivity contribution is 7.91. The van der Waals surface area contributed by atoms with E-state index in [-0.39, 0.29) is 22.1 Å². The second-order valence-corrected chi connectivity index (χ2v) is 7.72. The molecule has 0 aliphatic carbocycles. The molecule has 2 rings (SSSR count). The minimum absolute atomic E-state index is 0.00800. The summed E-state index contributed by atoms with van der Waals surface area (Å²) in [5, 5.41) is 7.98. The molecular formula is C12H18N2O4S2. The van der Waals surface area contributed by atoms with Gasteiger partial charge >= 0.3 is 0 Å². The molecule has 1 aliphatic heterocycles. The molecule has 1 aromatic rings. The van der Waals surface area contributed by atoms with E-state index in [0.29, 0.717) is 13.2 Å². The van der Waals surface area contributed by atoms with Crippen molar-refractivity contribution >= 4 is 27.3 Å². The summed E-state index contributed by atoms with van der Waals surface area (Å²) >= 11 is 1.08. The molecule has 8 heteroatoms. The third-order valence-electron chi connectivity index (χ3n) is 3.26. The van der Waals surface area contributed by atoms with Crippen molar-refractivity contribution in [2.75, 3.05) is 13.2 Å². The monoisotopic (exact) mass is 318 g/mol. The summed E-state index contributed by atoms with van der Waals surface area (Å²) in [5.41, 5.74) is 0. The second-order valence-electron chi connectivity index (χ2n) is 4.82. The number of hydrogen-bond donors (Lipinski definition) is 2. The van der Waals surface area contributed by atoms with Crippen molar-refractivity contribution in [2.24, 2.45) is 11.1 Å². The van der Waals surface area contributed by atoms with Gasteiger partial charge in [-0.1, -0.05) is 0 Å². The summed E-state index contributed by atoms with van der Waals surface area (Å²) < 4.78 is 27.8. The maximum absolute atomic E-state index is 12.1. The summed E-state index contributed by atoms with van der Waals surface area (Å²) in [6, 6.07) is 2.91. The predicted molar refractivity (Wildman–Crippen MR) is 75.8 cm³/mol. The van der Waals surface area contributed by atoms with Gasteiger partial charge in [-0.2, -0.15) is 0 Å². The van der Waals surface area contributed by atoms with Crippen LogP contribution in [0.1, 0.15) is 30.7 Å². The van der Waals surface area contributed by atoms with Gasteiger partial charge in [-0.05, 0) is 31.9 Å². The van der Waals surface area contributed by atoms with E-state index in [1.54, 1.807) is 6.07 Å². The number of thiophene rings is 1. The SMILES string of the molecule is CC(NC(=O)C1CCOCC1)c1ccc(S(N)(=O)=O)s1. The van der Waals surface area contributed by atoms with Crippen LogP contribution in [0.4, 0.5) is 0 Å². The Hall–Kier alpha value is -0.960. The van der Waals surface area contributed by atoms with E-state index in [1.165, 1.54) is 6.07 Å². The number of amides is 1. The van der Waals surface area contributed by atoms with E-state index < -0.39 is 10.0 Å². The Labute approximate surface area is 122 Å². The van der Waals surface area contributed by atoms with E-state index in [0.717, 1.165) is 29.1 Å². The van der Waals surface area contributed by atoms with Crippen LogP contribution in [0.5, 0.6) is 0 Å². The van der Waals surface area contributed by atoms with Crippen molar-refractivity contribution in [2.45, 2.75) is 30.0 Å². The zero-order valence-corrected chi connectivity index (χ0v) is 12.8. The number of hydrogen-bond acceptors (Lipinski definition) is 5. The third-order valence-corrected chi connectivity index (χ3v) is 5.97. The molecule has 1 saturated heterocycles. The smallest absolute Gasteiger partial charge is 0.247 e. The number of ether oxygens (including phenoxy) is 1. The molecule has 3 N–H and O–H groups in total. The largest absolute Gasteiger partial charge is 0.381 e. The van der Waals surface area contributed by atoms with Gasteiger partial charge in [0.25, 0.3) is 0 Å². The van der Waals surface area contributed by atoms with Crippen LogP contribution in [0.15, 0.2) is 16.3 Å². The van der Waals surface area contributed by atoms with Gasteiger partial charge < -0.3 is 10.1 Å². The van der Waals surface area contributed by atoms with Crippen LogP contribution < -0.4 is 10.5 Å². The van der Waals surface area contributed by atoms with Crippen molar-refractivity contribution in [1.29, 1.82) is 0 Å². The molecule has 0 spiro atoms. The Balaban J connectivity index is 1.99. The number of carbonyl (C=O) groups is 1. The summed E-state index contributed by atoms with van der Waals surface area (Å²) in [6.45, 7) is 3.05. The maximum atomic E-state index is 12.1. The van der Waals surface area contributed by atoms with Crippen LogP contribution in [0.25, 0.3) is 0 Å². The first-order valence-corrected chi connectivity index (χ1v) is 8.75. The van der Waals surface area contributed by atoms with E-state index in [9.17, 15) is 13.2 Å². The summed E-state index contributed by atoms with van der Waals surface area (Å²) in [4.78, 5) is 12.9. The first kappa shape index (κ1) is 15.4. The number of nitrogens with two attached hydrogens (primary N) is 1. The summed E-state index contributed by atoms with van der Waals surface area (Å²) in [6.07, 6.45) is 1.46. The second kappa shape index (κ2) is 6.21. The highest BCUT2D eigenvalue weighted by atomic mass is 32.2. The predicted octanol–water partition coefficient (Wildman–Crippen LogP) is 0.999. The normalized spacial score (nSPS) is 18.7. The van der Waals surface area contributed by atoms with Crippen LogP contribution in [0, 0.1) is 5.92 Å². The molecule has 1 fully saturated rings. The van der Waals surface area contributed by atoms with Crippen LogP contribution in [-0.4, -0.2) is 27.5 Å². The van der Waals surface area contributed by atoms with Crippen LogP contribution in [-0.2, 0) is 19.6 Å². The van der Waals surface area contributed by atoms with Gasteiger partial charge in [0, 0.05) is 24.0 Å². The van der Waals surface area contributed by atoms with E-state index in [2.05, 4.69) is 5.32 Å². The topological polar surface area (TPSA) is 98.5 Å². The molecule has 0 saturated carbocycles. The standard InChI is InChI=1S/C12H18N2O4S2/c1-8(10-2-3-11(19-10)20(13,16)17)14-12(15)9-4-6-18-7-5-9/h2-3,8-9H,4-7H2,1H3,(H,14,15)(H2,13,16,17). The average molecular weight is 318 g/mol. The fourth-order valence-electron chi connectivity index (χ4n) is 2.08. The molecule has 6 nitrogen and oxygen atoms in total. The molecule has 112 valence electrons. The Bertz CT molecular complexity index is 576. The molecule has 1 amide bonds. The molecule has 0 radical (unpaired) electrons. The molecule has 1 atom stereocenters. The van der Waals surface area contributed by atoms with Gasteiger partial charge in [-0.15, -0.1) is 11.3 Å². The minimum atomic E-state index is -3.68. The molecule has 1 aliphatic rings. The Morgan fingerprint density at radius 3 is 2.65 bits per heavy atom. The Morgan fingerprint density at radius 1 is 1.45 bits per heavy atom. The molecule has 2 heterocycles. The lowest BCUT2D eigenvalue weighted by Gasteiger charge is -2.23. The first-order chi connectivity index (χ1) is 9.38. The Kier molecular flexibility index (Phi) is 4.79. The first-order valence-electron chi connectivity index (χ1n) is 6.38. The molecule has 0 aromatic carbocycles. The average Bonchev–Trinajstić information content (AvgIpc) is 2.89. The van der Waals surface area contributed by atoms with Gasteiger partial charge in [0.2, 0.25) is 15.9 Å². The molecule has 1 unspecified atom stereocenters. The van der Waals surface area contributed by atoms with E-state index in [4.69, 9.17) is 9.88 Å². The maximum Gasteiger partial charge on any atom is 0.247 e. The fourth-order valence-corrected chi connectivity index (χ4v) is 3.83. The Morgan fingerprint density at radius 2 is 2.10 bits per heavy atom. The van der Waals surface area contributed by atoms with Crippen molar-refractivity contribution < 1.29 is 17.9 Å². The molecule has 0 bridgehead atoms. The molecule has 20 heavy (non-hydrogen) atoms. The zero-order valence-electron chi connectivity index (χ0n) is 11.2. The van der Waals surface area contributed by atoms with Gasteiger partial charge in [-0.3, -0.25) is 4.79 Å². The highest BCUT2D eigenvalue weighted by Gasteiger charge is 2.24. The van der Waals surface area contributed by atoms with Crippen molar-refractivity contribution in [3.05, 3.63) is 17.0 Å². The minimum Gasteiger partial charge on any atom is -0.381 e. The zero-order chi connectivity index (χ0) is 14.8. The van der Waals surface area contributed by atoms with Gasteiger partial charge in [0.1, 0.15) is 4.21 Å². The summed E-state index contributed by atoms with van der Waals surface area (Å²) in [7, 11) is -3.68. The number of primary sulfonamides is 1. The van der Waals surface area contributed by atoms with Crippen LogP contribution in [0.2, 0.25) is 0 Å². The number of nitrogens with one attached hydrogen (secondary N) is 1. The van der Waals surface area contributed by atoms with Crippen molar-refractivity contribution in [3.8, 4) is 0 Å². The van der Waals surface area contributed by atoms with Crippen LogP contribution in [0.3, 0.4) is 0 Å². The lowest BCUT2D eigenvalue weighted by atomic mass is 9.99. The third kappa shape index (κ3) is 3.78. The summed E-state index contributed by atoms with van der Waals surface area (Å²) in [5.74, 6) is -0.0322. The number of rotatable bonds is 4. The lowest BCUT2D eigenvalue weighted by molar-refractivity contribution is -0.128. The quantitative estimate of drug-likeness (QED) is 0.865. The molecular weight excluding hydrogens is 300 g/mol. The lowest BCUT2D eigenvalue weighted by Crippen LogP contribution is -2.35. The molecule has 1 aromatic heterocycles. The van der Waals surface area contributed by atoms with Gasteiger partial charge in [0.05, 0.1) is 6.04 Å². The van der Waals surface area contributed by atoms with E-state index in [1.807, 2.05) is 6.92 Å². The van der Waals surface area contributed by atoms with Gasteiger partial charge in [-0.25, -0.2) is 13.6 Å². The van der Waals surface area contributed by atoms with Crippen LogP contribution >= 0.6 is 11.3 Å². The fraction of sp³-hybridized carbons (Fsp3) is 0.583. The highest BCUT2D eigenvalue weighted by Crippen LogP contribution is 2.26. The van der Waals surface area contributed by atoms with E-state index >= 15 is 0 Å². The van der Waals surface area contributed by atoms with Crippen molar-refractivity contribution in [3.63, 3.8) is 0 Å².